The zero-order chi connectivity index (χ0) is 15.2. The number of aryl methyl sites for hydroxylation is 1. The molecular formula is C16H22N2O2S. The molecule has 0 spiro atoms. The van der Waals surface area contributed by atoms with Crippen LogP contribution in [0.3, 0.4) is 0 Å². The van der Waals surface area contributed by atoms with Gasteiger partial charge in [0.05, 0.1) is 24.4 Å². The van der Waals surface area contributed by atoms with Gasteiger partial charge in [-0.1, -0.05) is 0 Å². The molecule has 0 fully saturated rings. The molecule has 0 atom stereocenters. The number of rotatable bonds is 7. The quantitative estimate of drug-likeness (QED) is 0.854. The first-order chi connectivity index (χ1) is 10.2. The molecule has 21 heavy (non-hydrogen) atoms. The predicted molar refractivity (Wildman–Crippen MR) is 87.2 cm³/mol. The highest BCUT2D eigenvalue weighted by molar-refractivity contribution is 7.12. The van der Waals surface area contributed by atoms with E-state index >= 15 is 0 Å². The lowest BCUT2D eigenvalue weighted by molar-refractivity contribution is 0.202. The minimum Gasteiger partial charge on any atom is -0.496 e. The number of hydrogen-bond donors (Lipinski definition) is 1. The van der Waals surface area contributed by atoms with E-state index in [4.69, 9.17) is 20.2 Å². The first kappa shape index (κ1) is 15.9. The maximum absolute atomic E-state index is 5.73. The van der Waals surface area contributed by atoms with Crippen LogP contribution < -0.4 is 10.5 Å². The molecule has 2 N–H and O–H groups in total. The van der Waals surface area contributed by atoms with E-state index in [1.807, 2.05) is 13.0 Å². The molecule has 5 heteroatoms. The fraction of sp³-hybridized carbons (Fsp3) is 0.438. The van der Waals surface area contributed by atoms with E-state index in [1.54, 1.807) is 25.6 Å². The molecule has 1 heterocycles. The van der Waals surface area contributed by atoms with E-state index in [1.165, 1.54) is 4.88 Å². The van der Waals surface area contributed by atoms with Gasteiger partial charge in [-0.25, -0.2) is 4.98 Å². The van der Waals surface area contributed by atoms with Crippen molar-refractivity contribution in [3.63, 3.8) is 0 Å². The molecule has 0 bridgehead atoms. The average molecular weight is 306 g/mol. The van der Waals surface area contributed by atoms with Crippen LogP contribution >= 0.6 is 11.3 Å². The van der Waals surface area contributed by atoms with Crippen LogP contribution in [0.15, 0.2) is 18.2 Å². The summed E-state index contributed by atoms with van der Waals surface area (Å²) in [6.07, 6.45) is 1.69. The normalized spacial score (nSPS) is 10.9. The van der Waals surface area contributed by atoms with E-state index in [2.05, 4.69) is 12.1 Å². The lowest BCUT2D eigenvalue weighted by atomic mass is 10.1. The molecule has 4 nitrogen and oxygen atoms in total. The molecule has 0 aliphatic rings. The summed E-state index contributed by atoms with van der Waals surface area (Å²) in [6.45, 7) is 3.37. The first-order valence-electron chi connectivity index (χ1n) is 7.02. The van der Waals surface area contributed by atoms with Crippen molar-refractivity contribution in [2.24, 2.45) is 5.73 Å². The number of benzene rings is 1. The Kier molecular flexibility index (Phi) is 5.73. The van der Waals surface area contributed by atoms with Gasteiger partial charge in [-0.05, 0) is 43.7 Å². The molecule has 0 aliphatic carbocycles. The minimum atomic E-state index is 0.633. The van der Waals surface area contributed by atoms with E-state index in [-0.39, 0.29) is 0 Å². The maximum atomic E-state index is 5.73. The van der Waals surface area contributed by atoms with Gasteiger partial charge in [0.1, 0.15) is 5.75 Å². The summed E-state index contributed by atoms with van der Waals surface area (Å²) in [5, 5.41) is 1.10. The van der Waals surface area contributed by atoms with Crippen LogP contribution in [0.25, 0.3) is 11.3 Å². The van der Waals surface area contributed by atoms with Gasteiger partial charge < -0.3 is 15.2 Å². The van der Waals surface area contributed by atoms with E-state index in [0.29, 0.717) is 13.2 Å². The van der Waals surface area contributed by atoms with Gasteiger partial charge in [-0.3, -0.25) is 0 Å². The molecule has 0 radical (unpaired) electrons. The van der Waals surface area contributed by atoms with Crippen molar-refractivity contribution in [1.29, 1.82) is 0 Å². The third-order valence-corrected chi connectivity index (χ3v) is 4.48. The maximum Gasteiger partial charge on any atom is 0.121 e. The zero-order valence-electron chi connectivity index (χ0n) is 12.8. The van der Waals surface area contributed by atoms with Crippen LogP contribution in [-0.2, 0) is 17.6 Å². The van der Waals surface area contributed by atoms with Gasteiger partial charge in [0.15, 0.2) is 0 Å². The van der Waals surface area contributed by atoms with Gasteiger partial charge in [0.2, 0.25) is 0 Å². The number of ether oxygens (including phenoxy) is 2. The van der Waals surface area contributed by atoms with E-state index in [9.17, 15) is 0 Å². The van der Waals surface area contributed by atoms with Crippen LogP contribution in [-0.4, -0.2) is 32.4 Å². The number of methoxy groups -OCH3 is 2. The Hall–Kier alpha value is -1.43. The van der Waals surface area contributed by atoms with Crippen LogP contribution in [0.5, 0.6) is 5.75 Å². The molecular weight excluding hydrogens is 284 g/mol. The number of nitrogens with zero attached hydrogens (tertiary/aromatic N) is 1. The smallest absolute Gasteiger partial charge is 0.121 e. The van der Waals surface area contributed by atoms with E-state index < -0.39 is 0 Å². The van der Waals surface area contributed by atoms with Crippen molar-refractivity contribution in [3.05, 3.63) is 33.6 Å². The molecule has 0 amide bonds. The van der Waals surface area contributed by atoms with Crippen molar-refractivity contribution in [2.75, 3.05) is 27.4 Å². The molecule has 114 valence electrons. The Labute approximate surface area is 129 Å². The van der Waals surface area contributed by atoms with Crippen LogP contribution in [0, 0.1) is 6.92 Å². The Morgan fingerprint density at radius 2 is 2.05 bits per heavy atom. The van der Waals surface area contributed by atoms with Crippen molar-refractivity contribution in [2.45, 2.75) is 19.8 Å². The van der Waals surface area contributed by atoms with Crippen LogP contribution in [0.4, 0.5) is 0 Å². The van der Waals surface area contributed by atoms with Gasteiger partial charge in [-0.2, -0.15) is 0 Å². The number of hydrogen-bond acceptors (Lipinski definition) is 5. The summed E-state index contributed by atoms with van der Waals surface area (Å²) in [5.74, 6) is 0.897. The molecule has 0 saturated heterocycles. The van der Waals surface area contributed by atoms with Crippen molar-refractivity contribution >= 4 is 11.3 Å². The molecule has 2 aromatic rings. The van der Waals surface area contributed by atoms with Crippen LogP contribution in [0.2, 0.25) is 0 Å². The summed E-state index contributed by atoms with van der Waals surface area (Å²) in [7, 11) is 3.40. The highest BCUT2D eigenvalue weighted by atomic mass is 32.1. The molecule has 1 aromatic carbocycles. The topological polar surface area (TPSA) is 57.4 Å². The Bertz CT molecular complexity index is 596. The second-order valence-corrected chi connectivity index (χ2v) is 6.01. The summed E-state index contributed by atoms with van der Waals surface area (Å²) in [4.78, 5) is 6.02. The SMILES string of the molecule is COCCc1nc(-c2ccc(OC)c(C)c2)c(CCN)s1. The summed E-state index contributed by atoms with van der Waals surface area (Å²) >= 11 is 1.73. The minimum absolute atomic E-state index is 0.633. The number of aromatic nitrogens is 1. The second-order valence-electron chi connectivity index (χ2n) is 4.85. The van der Waals surface area contributed by atoms with E-state index in [0.717, 1.165) is 40.4 Å². The monoisotopic (exact) mass is 306 g/mol. The number of nitrogens with two attached hydrogens (primary N) is 1. The van der Waals surface area contributed by atoms with Gasteiger partial charge in [0, 0.05) is 24.0 Å². The molecule has 0 unspecified atom stereocenters. The standard InChI is InChI=1S/C16H22N2O2S/c1-11-10-12(4-5-13(11)20-3)16-14(6-8-17)21-15(18-16)7-9-19-2/h4-5,10H,6-9,17H2,1-3H3. The fourth-order valence-electron chi connectivity index (χ4n) is 2.25. The van der Waals surface area contributed by atoms with Crippen molar-refractivity contribution in [3.8, 4) is 17.0 Å². The van der Waals surface area contributed by atoms with Crippen molar-refractivity contribution < 1.29 is 9.47 Å². The molecule has 0 saturated carbocycles. The zero-order valence-corrected chi connectivity index (χ0v) is 13.6. The molecule has 0 aliphatic heterocycles. The van der Waals surface area contributed by atoms with Crippen LogP contribution in [0.1, 0.15) is 15.4 Å². The third kappa shape index (κ3) is 3.81. The highest BCUT2D eigenvalue weighted by Gasteiger charge is 2.13. The lowest BCUT2D eigenvalue weighted by Crippen LogP contribution is -2.02. The second kappa shape index (κ2) is 7.54. The third-order valence-electron chi connectivity index (χ3n) is 3.30. The first-order valence-corrected chi connectivity index (χ1v) is 7.83. The molecule has 1 aromatic heterocycles. The van der Waals surface area contributed by atoms with Gasteiger partial charge in [-0.15, -0.1) is 11.3 Å². The largest absolute Gasteiger partial charge is 0.496 e. The van der Waals surface area contributed by atoms with Crippen molar-refractivity contribution in [1.82, 2.24) is 4.98 Å². The Morgan fingerprint density at radius 3 is 2.67 bits per heavy atom. The molecule has 2 rings (SSSR count). The average Bonchev–Trinajstić information content (AvgIpc) is 2.88. The summed E-state index contributed by atoms with van der Waals surface area (Å²) in [5.41, 5.74) is 9.00. The Morgan fingerprint density at radius 1 is 1.24 bits per heavy atom. The van der Waals surface area contributed by atoms with Gasteiger partial charge >= 0.3 is 0 Å². The number of thiazole rings is 1. The summed E-state index contributed by atoms with van der Waals surface area (Å²) in [6, 6.07) is 6.17. The van der Waals surface area contributed by atoms with Gasteiger partial charge in [0.25, 0.3) is 0 Å². The lowest BCUT2D eigenvalue weighted by Gasteiger charge is -2.07. The summed E-state index contributed by atoms with van der Waals surface area (Å²) < 4.78 is 10.5. The highest BCUT2D eigenvalue weighted by Crippen LogP contribution is 2.31. The fourth-order valence-corrected chi connectivity index (χ4v) is 3.34. The predicted octanol–water partition coefficient (Wildman–Crippen LogP) is 2.82. The Balaban J connectivity index is 2.36.